The highest BCUT2D eigenvalue weighted by Crippen LogP contribution is 2.20. The average molecular weight is 306 g/mol. The molecule has 110 valence electrons. The molecule has 0 atom stereocenters. The predicted molar refractivity (Wildman–Crippen MR) is 79.2 cm³/mol. The van der Waals surface area contributed by atoms with Crippen molar-refractivity contribution in [3.8, 4) is 11.8 Å². The Morgan fingerprint density at radius 1 is 1.33 bits per heavy atom. The van der Waals surface area contributed by atoms with Gasteiger partial charge in [0.25, 0.3) is 0 Å². The normalized spacial score (nSPS) is 10.3. The zero-order valence-electron chi connectivity index (χ0n) is 11.8. The zero-order chi connectivity index (χ0) is 15.1. The first-order valence-electron chi connectivity index (χ1n) is 6.58. The van der Waals surface area contributed by atoms with Gasteiger partial charge in [-0.3, -0.25) is 4.68 Å². The van der Waals surface area contributed by atoms with Gasteiger partial charge >= 0.3 is 0 Å². The molecule has 0 radical (unpaired) electrons. The molecule has 0 unspecified atom stereocenters. The van der Waals surface area contributed by atoms with Crippen molar-refractivity contribution in [3.63, 3.8) is 0 Å². The Balaban J connectivity index is 1.90. The Hall–Kier alpha value is -2.03. The zero-order valence-corrected chi connectivity index (χ0v) is 12.5. The molecular formula is C15H16ClN3O2. The smallest absolute Gasteiger partial charge is 0.145 e. The van der Waals surface area contributed by atoms with Crippen molar-refractivity contribution in [2.24, 2.45) is 0 Å². The largest absolute Gasteiger partial charge is 0.494 e. The van der Waals surface area contributed by atoms with E-state index in [1.807, 2.05) is 30.3 Å². The summed E-state index contributed by atoms with van der Waals surface area (Å²) in [5.74, 6) is 0.835. The number of ether oxygens (including phenoxy) is 2. The van der Waals surface area contributed by atoms with Gasteiger partial charge in [0.2, 0.25) is 0 Å². The minimum absolute atomic E-state index is 0.274. The molecule has 1 heterocycles. The molecule has 1 aromatic heterocycles. The van der Waals surface area contributed by atoms with Gasteiger partial charge in [0, 0.05) is 20.1 Å². The van der Waals surface area contributed by atoms with Crippen molar-refractivity contribution in [2.75, 3.05) is 13.7 Å². The van der Waals surface area contributed by atoms with Gasteiger partial charge in [0.1, 0.15) is 28.2 Å². The van der Waals surface area contributed by atoms with Gasteiger partial charge < -0.3 is 9.47 Å². The molecule has 0 fully saturated rings. The highest BCUT2D eigenvalue weighted by Gasteiger charge is 2.15. The Kier molecular flexibility index (Phi) is 5.61. The van der Waals surface area contributed by atoms with Crippen molar-refractivity contribution in [1.82, 2.24) is 9.78 Å². The minimum atomic E-state index is 0.274. The van der Waals surface area contributed by atoms with Gasteiger partial charge in [0.15, 0.2) is 0 Å². The molecule has 21 heavy (non-hydrogen) atoms. The molecule has 2 aromatic rings. The number of aryl methyl sites for hydroxylation is 1. The summed E-state index contributed by atoms with van der Waals surface area (Å²) in [6, 6.07) is 11.7. The van der Waals surface area contributed by atoms with E-state index in [9.17, 15) is 0 Å². The van der Waals surface area contributed by atoms with Crippen LogP contribution in [-0.4, -0.2) is 23.5 Å². The number of aromatic nitrogens is 2. The van der Waals surface area contributed by atoms with Crippen LogP contribution < -0.4 is 4.74 Å². The lowest BCUT2D eigenvalue weighted by Crippen LogP contribution is -2.06. The molecule has 1 aromatic carbocycles. The third-order valence-electron chi connectivity index (χ3n) is 2.88. The Morgan fingerprint density at radius 3 is 2.76 bits per heavy atom. The third kappa shape index (κ3) is 3.97. The van der Waals surface area contributed by atoms with E-state index in [-0.39, 0.29) is 6.61 Å². The number of hydrogen-bond acceptors (Lipinski definition) is 4. The Bertz CT molecular complexity index is 620. The molecule has 5 nitrogen and oxygen atoms in total. The first kappa shape index (κ1) is 15.4. The number of benzene rings is 1. The standard InChI is InChI=1S/C15H16ClN3O2/c1-20-11-14-13(10-17)15(16)19(18-14)8-5-9-21-12-6-3-2-4-7-12/h2-4,6-7H,5,8-9,11H2,1H3. The van der Waals surface area contributed by atoms with Crippen LogP contribution in [0.5, 0.6) is 5.75 Å². The van der Waals surface area contributed by atoms with Gasteiger partial charge in [0.05, 0.1) is 13.2 Å². The summed E-state index contributed by atoms with van der Waals surface area (Å²) in [7, 11) is 1.56. The van der Waals surface area contributed by atoms with Crippen LogP contribution in [0.1, 0.15) is 17.7 Å². The van der Waals surface area contributed by atoms with Crippen LogP contribution in [0.2, 0.25) is 5.15 Å². The SMILES string of the molecule is COCc1nn(CCCOc2ccccc2)c(Cl)c1C#N. The molecule has 6 heteroatoms. The summed E-state index contributed by atoms with van der Waals surface area (Å²) in [4.78, 5) is 0. The Morgan fingerprint density at radius 2 is 2.10 bits per heavy atom. The molecule has 0 N–H and O–H groups in total. The minimum Gasteiger partial charge on any atom is -0.494 e. The lowest BCUT2D eigenvalue weighted by atomic mass is 10.3. The number of methoxy groups -OCH3 is 1. The fourth-order valence-electron chi connectivity index (χ4n) is 1.91. The van der Waals surface area contributed by atoms with E-state index < -0.39 is 0 Å². The van der Waals surface area contributed by atoms with Crippen LogP contribution in [-0.2, 0) is 17.9 Å². The second-order valence-corrected chi connectivity index (χ2v) is 4.75. The van der Waals surface area contributed by atoms with Gasteiger partial charge in [-0.1, -0.05) is 29.8 Å². The van der Waals surface area contributed by atoms with Crippen LogP contribution in [0.4, 0.5) is 0 Å². The number of nitriles is 1. The number of para-hydroxylation sites is 1. The van der Waals surface area contributed by atoms with Crippen molar-refractivity contribution in [1.29, 1.82) is 5.26 Å². The lowest BCUT2D eigenvalue weighted by Gasteiger charge is -2.06. The van der Waals surface area contributed by atoms with Crippen LogP contribution in [0.3, 0.4) is 0 Å². The van der Waals surface area contributed by atoms with Crippen LogP contribution in [0.25, 0.3) is 0 Å². The topological polar surface area (TPSA) is 60.1 Å². The maximum absolute atomic E-state index is 9.09. The quantitative estimate of drug-likeness (QED) is 0.738. The summed E-state index contributed by atoms with van der Waals surface area (Å²) in [5.41, 5.74) is 0.941. The fraction of sp³-hybridized carbons (Fsp3) is 0.333. The molecule has 0 aliphatic carbocycles. The molecule has 0 aliphatic rings. The average Bonchev–Trinajstić information content (AvgIpc) is 2.80. The van der Waals surface area contributed by atoms with E-state index >= 15 is 0 Å². The first-order valence-corrected chi connectivity index (χ1v) is 6.96. The second-order valence-electron chi connectivity index (χ2n) is 4.40. The molecule has 0 saturated heterocycles. The summed E-state index contributed by atoms with van der Waals surface area (Å²) < 4.78 is 12.2. The van der Waals surface area contributed by atoms with Crippen LogP contribution in [0.15, 0.2) is 30.3 Å². The van der Waals surface area contributed by atoms with Gasteiger partial charge in [-0.25, -0.2) is 0 Å². The van der Waals surface area contributed by atoms with Crippen molar-refractivity contribution in [2.45, 2.75) is 19.6 Å². The summed E-state index contributed by atoms with van der Waals surface area (Å²) in [6.07, 6.45) is 0.744. The number of rotatable bonds is 7. The fourth-order valence-corrected chi connectivity index (χ4v) is 2.18. The molecule has 0 spiro atoms. The summed E-state index contributed by atoms with van der Waals surface area (Å²) in [5, 5.41) is 13.7. The van der Waals surface area contributed by atoms with Gasteiger partial charge in [-0.05, 0) is 12.1 Å². The van der Waals surface area contributed by atoms with E-state index in [2.05, 4.69) is 11.2 Å². The highest BCUT2D eigenvalue weighted by molar-refractivity contribution is 6.30. The van der Waals surface area contributed by atoms with E-state index in [0.717, 1.165) is 12.2 Å². The van der Waals surface area contributed by atoms with E-state index in [0.29, 0.717) is 29.6 Å². The number of nitrogens with zero attached hydrogens (tertiary/aromatic N) is 3. The maximum Gasteiger partial charge on any atom is 0.145 e. The van der Waals surface area contributed by atoms with E-state index in [4.69, 9.17) is 26.3 Å². The monoisotopic (exact) mass is 305 g/mol. The van der Waals surface area contributed by atoms with E-state index in [1.54, 1.807) is 11.8 Å². The maximum atomic E-state index is 9.09. The van der Waals surface area contributed by atoms with Gasteiger partial charge in [-0.15, -0.1) is 0 Å². The first-order chi connectivity index (χ1) is 10.3. The number of halogens is 1. The van der Waals surface area contributed by atoms with Crippen molar-refractivity contribution < 1.29 is 9.47 Å². The molecule has 0 amide bonds. The summed E-state index contributed by atoms with van der Waals surface area (Å²) in [6.45, 7) is 1.42. The Labute approximate surface area is 128 Å². The predicted octanol–water partition coefficient (Wildman–Crippen LogP) is 3.02. The van der Waals surface area contributed by atoms with Gasteiger partial charge in [-0.2, -0.15) is 10.4 Å². The highest BCUT2D eigenvalue weighted by atomic mass is 35.5. The van der Waals surface area contributed by atoms with Crippen LogP contribution >= 0.6 is 11.6 Å². The number of hydrogen-bond donors (Lipinski definition) is 0. The van der Waals surface area contributed by atoms with Crippen molar-refractivity contribution >= 4 is 11.6 Å². The molecule has 2 rings (SSSR count). The van der Waals surface area contributed by atoms with E-state index in [1.165, 1.54) is 0 Å². The lowest BCUT2D eigenvalue weighted by molar-refractivity contribution is 0.180. The van der Waals surface area contributed by atoms with Crippen LogP contribution in [0, 0.1) is 11.3 Å². The van der Waals surface area contributed by atoms with Crippen molar-refractivity contribution in [3.05, 3.63) is 46.7 Å². The third-order valence-corrected chi connectivity index (χ3v) is 3.27. The molecule has 0 bridgehead atoms. The molecule has 0 aliphatic heterocycles. The second kappa shape index (κ2) is 7.67. The molecular weight excluding hydrogens is 290 g/mol. The summed E-state index contributed by atoms with van der Waals surface area (Å²) >= 11 is 6.14. The molecule has 0 saturated carbocycles.